The molecule has 0 unspecified atom stereocenters. The molecule has 7 heteroatoms. The minimum Gasteiger partial charge on any atom is -0.493 e. The number of hydrogen-bond donors (Lipinski definition) is 1. The Hall–Kier alpha value is -2.51. The van der Waals surface area contributed by atoms with Crippen molar-refractivity contribution in [2.24, 2.45) is 5.92 Å². The number of benzene rings is 2. The van der Waals surface area contributed by atoms with Crippen molar-refractivity contribution in [2.45, 2.75) is 51.3 Å². The zero-order chi connectivity index (χ0) is 25.0. The Morgan fingerprint density at radius 3 is 2.43 bits per heavy atom. The van der Waals surface area contributed by atoms with Gasteiger partial charge in [-0.25, -0.2) is 8.78 Å². The summed E-state index contributed by atoms with van der Waals surface area (Å²) in [6, 6.07) is 11.8. The van der Waals surface area contributed by atoms with E-state index >= 15 is 0 Å². The van der Waals surface area contributed by atoms with E-state index in [4.69, 9.17) is 4.74 Å². The van der Waals surface area contributed by atoms with Crippen molar-refractivity contribution in [3.63, 3.8) is 0 Å². The van der Waals surface area contributed by atoms with E-state index in [1.54, 1.807) is 55.1 Å². The van der Waals surface area contributed by atoms with Crippen LogP contribution in [-0.4, -0.2) is 71.9 Å². The van der Waals surface area contributed by atoms with Crippen LogP contribution < -0.4 is 4.74 Å². The third-order valence-electron chi connectivity index (χ3n) is 6.86. The fourth-order valence-electron chi connectivity index (χ4n) is 4.99. The van der Waals surface area contributed by atoms with E-state index in [1.165, 1.54) is 6.07 Å². The van der Waals surface area contributed by atoms with Gasteiger partial charge in [-0.1, -0.05) is 12.1 Å². The van der Waals surface area contributed by atoms with Crippen LogP contribution in [0.5, 0.6) is 5.75 Å². The van der Waals surface area contributed by atoms with Gasteiger partial charge in [0.25, 0.3) is 5.91 Å². The molecule has 1 N–H and O–H groups in total. The number of halogens is 2. The topological polar surface area (TPSA) is 53.0 Å². The molecule has 0 radical (unpaired) electrons. The number of hydrogen-bond acceptors (Lipinski definition) is 4. The first kappa shape index (κ1) is 25.6. The van der Waals surface area contributed by atoms with E-state index in [0.29, 0.717) is 54.6 Å². The van der Waals surface area contributed by atoms with Crippen LogP contribution in [0.1, 0.15) is 49.9 Å². The molecule has 2 aromatic carbocycles. The first-order chi connectivity index (χ1) is 16.7. The number of aliphatic hydroxyl groups is 1. The molecule has 2 aliphatic heterocycles. The molecule has 35 heavy (non-hydrogen) atoms. The van der Waals surface area contributed by atoms with E-state index in [-0.39, 0.29) is 11.7 Å². The SMILES string of the molecule is CC(C)(F)CN1CCC(COc2ccc(-c3ccc(C(=O)N4CCC[C@H](O)C4)cc3)c(F)c2)CC1. The van der Waals surface area contributed by atoms with E-state index in [2.05, 4.69) is 4.90 Å². The second-order valence-corrected chi connectivity index (χ2v) is 10.5. The molecule has 0 aromatic heterocycles. The van der Waals surface area contributed by atoms with Crippen molar-refractivity contribution in [1.82, 2.24) is 9.80 Å². The lowest BCUT2D eigenvalue weighted by molar-refractivity contribution is 0.0474. The molecule has 2 aliphatic rings. The Morgan fingerprint density at radius 2 is 1.80 bits per heavy atom. The monoisotopic (exact) mass is 486 g/mol. The number of carbonyl (C=O) groups is 1. The third-order valence-corrected chi connectivity index (χ3v) is 6.86. The number of alkyl halides is 1. The van der Waals surface area contributed by atoms with Crippen molar-refractivity contribution in [1.29, 1.82) is 0 Å². The molecular formula is C28H36F2N2O3. The second-order valence-electron chi connectivity index (χ2n) is 10.5. The highest BCUT2D eigenvalue weighted by molar-refractivity contribution is 5.94. The number of carbonyl (C=O) groups excluding carboxylic acids is 1. The Kier molecular flexibility index (Phi) is 8.07. The maximum absolute atomic E-state index is 14.9. The molecule has 0 spiro atoms. The average molecular weight is 487 g/mol. The smallest absolute Gasteiger partial charge is 0.253 e. The maximum atomic E-state index is 14.9. The van der Waals surface area contributed by atoms with Crippen molar-refractivity contribution in [3.05, 3.63) is 53.8 Å². The van der Waals surface area contributed by atoms with Crippen LogP contribution in [-0.2, 0) is 0 Å². The molecule has 0 bridgehead atoms. The molecule has 2 heterocycles. The number of amides is 1. The maximum Gasteiger partial charge on any atom is 0.253 e. The van der Waals surface area contributed by atoms with Crippen molar-refractivity contribution < 1.29 is 23.4 Å². The lowest BCUT2D eigenvalue weighted by atomic mass is 9.97. The van der Waals surface area contributed by atoms with Gasteiger partial charge in [0.2, 0.25) is 0 Å². The molecule has 0 aliphatic carbocycles. The Bertz CT molecular complexity index is 998. The molecule has 4 rings (SSSR count). The van der Waals surface area contributed by atoms with E-state index in [0.717, 1.165) is 38.8 Å². The zero-order valence-electron chi connectivity index (χ0n) is 20.7. The summed E-state index contributed by atoms with van der Waals surface area (Å²) >= 11 is 0. The quantitative estimate of drug-likeness (QED) is 0.603. The fraction of sp³-hybridized carbons (Fsp3) is 0.536. The predicted molar refractivity (Wildman–Crippen MR) is 133 cm³/mol. The van der Waals surface area contributed by atoms with Crippen LogP contribution >= 0.6 is 0 Å². The van der Waals surface area contributed by atoms with Gasteiger partial charge in [0.1, 0.15) is 17.2 Å². The van der Waals surface area contributed by atoms with Gasteiger partial charge in [0, 0.05) is 36.8 Å². The van der Waals surface area contributed by atoms with Gasteiger partial charge >= 0.3 is 0 Å². The number of likely N-dealkylation sites (tertiary alicyclic amines) is 2. The highest BCUT2D eigenvalue weighted by Gasteiger charge is 2.26. The molecule has 2 fully saturated rings. The van der Waals surface area contributed by atoms with Crippen molar-refractivity contribution >= 4 is 5.91 Å². The summed E-state index contributed by atoms with van der Waals surface area (Å²) in [5, 5.41) is 9.82. The first-order valence-corrected chi connectivity index (χ1v) is 12.6. The molecule has 1 amide bonds. The highest BCUT2D eigenvalue weighted by Crippen LogP contribution is 2.28. The molecule has 0 saturated carbocycles. The van der Waals surface area contributed by atoms with Crippen molar-refractivity contribution in [2.75, 3.05) is 39.3 Å². The van der Waals surface area contributed by atoms with Gasteiger partial charge in [-0.05, 0) is 88.4 Å². The molecule has 2 saturated heterocycles. The van der Waals surface area contributed by atoms with Gasteiger partial charge in [0.05, 0.1) is 12.7 Å². The second kappa shape index (κ2) is 11.0. The summed E-state index contributed by atoms with van der Waals surface area (Å²) in [5.74, 6) is 0.385. The van der Waals surface area contributed by atoms with Gasteiger partial charge in [-0.15, -0.1) is 0 Å². The summed E-state index contributed by atoms with van der Waals surface area (Å²) in [6.07, 6.45) is 2.93. The van der Waals surface area contributed by atoms with Gasteiger partial charge in [-0.2, -0.15) is 0 Å². The summed E-state index contributed by atoms with van der Waals surface area (Å²) in [6.45, 7) is 6.88. The number of rotatable bonds is 7. The number of aliphatic hydroxyl groups excluding tert-OH is 1. The molecular weight excluding hydrogens is 450 g/mol. The number of ether oxygens (including phenoxy) is 1. The highest BCUT2D eigenvalue weighted by atomic mass is 19.1. The normalized spacial score (nSPS) is 20.1. The lowest BCUT2D eigenvalue weighted by Crippen LogP contribution is -2.42. The summed E-state index contributed by atoms with van der Waals surface area (Å²) in [4.78, 5) is 16.5. The molecule has 190 valence electrons. The van der Waals surface area contributed by atoms with E-state index < -0.39 is 11.8 Å². The minimum atomic E-state index is -1.19. The van der Waals surface area contributed by atoms with E-state index in [1.807, 2.05) is 0 Å². The molecule has 5 nitrogen and oxygen atoms in total. The standard InChI is InChI=1S/C28H36F2N2O3/c1-28(2,30)19-31-14-11-20(12-15-31)18-35-24-9-10-25(26(29)16-24)21-5-7-22(8-6-21)27(34)32-13-3-4-23(33)17-32/h5-10,16,20,23,33H,3-4,11-15,17-19H2,1-2H3/t23-/m0/s1. The number of nitrogens with zero attached hydrogens (tertiary/aromatic N) is 2. The molecule has 2 aromatic rings. The first-order valence-electron chi connectivity index (χ1n) is 12.6. The van der Waals surface area contributed by atoms with Crippen LogP contribution in [0.15, 0.2) is 42.5 Å². The Balaban J connectivity index is 1.31. The number of β-amino-alcohol motifs (C(OH)–C–C–N with tert-alkyl or cyclic N) is 1. The van der Waals surface area contributed by atoms with Crippen LogP contribution in [0, 0.1) is 11.7 Å². The lowest BCUT2D eigenvalue weighted by Gasteiger charge is -2.34. The van der Waals surface area contributed by atoms with Gasteiger partial charge in [-0.3, -0.25) is 4.79 Å². The summed E-state index contributed by atoms with van der Waals surface area (Å²) in [7, 11) is 0. The van der Waals surface area contributed by atoms with Crippen molar-refractivity contribution in [3.8, 4) is 16.9 Å². The van der Waals surface area contributed by atoms with E-state index in [9.17, 15) is 18.7 Å². The van der Waals surface area contributed by atoms with Crippen LogP contribution in [0.3, 0.4) is 0 Å². The van der Waals surface area contributed by atoms with Gasteiger partial charge in [0.15, 0.2) is 0 Å². The van der Waals surface area contributed by atoms with Crippen LogP contribution in [0.4, 0.5) is 8.78 Å². The summed E-state index contributed by atoms with van der Waals surface area (Å²) in [5.41, 5.74) is 0.485. The fourth-order valence-corrected chi connectivity index (χ4v) is 4.99. The van der Waals surface area contributed by atoms with Crippen LogP contribution in [0.2, 0.25) is 0 Å². The van der Waals surface area contributed by atoms with Crippen LogP contribution in [0.25, 0.3) is 11.1 Å². The number of piperidine rings is 2. The largest absolute Gasteiger partial charge is 0.493 e. The van der Waals surface area contributed by atoms with Gasteiger partial charge < -0.3 is 19.6 Å². The summed E-state index contributed by atoms with van der Waals surface area (Å²) < 4.78 is 34.6. The average Bonchev–Trinajstić information content (AvgIpc) is 2.82. The Labute approximate surface area is 206 Å². The Morgan fingerprint density at radius 1 is 1.09 bits per heavy atom. The third kappa shape index (κ3) is 7.01. The minimum absolute atomic E-state index is 0.112. The molecule has 1 atom stereocenters. The predicted octanol–water partition coefficient (Wildman–Crippen LogP) is 4.93. The zero-order valence-corrected chi connectivity index (χ0v) is 20.7.